The third-order valence-corrected chi connectivity index (χ3v) is 2.00. The van der Waals surface area contributed by atoms with Crippen molar-refractivity contribution in [3.8, 4) is 0 Å². The molecule has 0 aromatic carbocycles. The second-order valence-corrected chi connectivity index (χ2v) is 3.25. The fraction of sp³-hybridized carbons (Fsp3) is 0.429. The summed E-state index contributed by atoms with van der Waals surface area (Å²) in [5, 5.41) is 8.60. The molecule has 0 radical (unpaired) electrons. The molecule has 0 saturated heterocycles. The van der Waals surface area contributed by atoms with Crippen LogP contribution in [0.4, 0.5) is 0 Å². The summed E-state index contributed by atoms with van der Waals surface area (Å²) in [6, 6.07) is 1.85. The van der Waals surface area contributed by atoms with E-state index in [4.69, 9.17) is 10.8 Å². The zero-order valence-electron chi connectivity index (χ0n) is 6.05. The highest BCUT2D eigenvalue weighted by molar-refractivity contribution is 9.10. The lowest BCUT2D eigenvalue weighted by Crippen LogP contribution is -2.10. The summed E-state index contributed by atoms with van der Waals surface area (Å²) in [6.07, 6.45) is 2.44. The summed E-state index contributed by atoms with van der Waals surface area (Å²) in [5.41, 5.74) is 6.74. The van der Waals surface area contributed by atoms with Crippen LogP contribution in [0.5, 0.6) is 0 Å². The lowest BCUT2D eigenvalue weighted by Gasteiger charge is -2.05. The summed E-state index contributed by atoms with van der Waals surface area (Å²) in [7, 11) is 0. The third-order valence-electron chi connectivity index (χ3n) is 1.54. The molecule has 0 aliphatic carbocycles. The minimum atomic E-state index is -0.0671. The molecular weight excluding hydrogens is 208 g/mol. The highest BCUT2D eigenvalue weighted by atomic mass is 79.9. The van der Waals surface area contributed by atoms with Gasteiger partial charge in [0, 0.05) is 18.8 Å². The summed E-state index contributed by atoms with van der Waals surface area (Å²) >= 11 is 3.28. The first kappa shape index (κ1) is 8.77. The minimum Gasteiger partial charge on any atom is -0.396 e. The summed E-state index contributed by atoms with van der Waals surface area (Å²) in [5.74, 6) is 0. The number of aliphatic hydroxyl groups excluding tert-OH is 1. The number of aliphatic hydroxyl groups is 1. The van der Waals surface area contributed by atoms with E-state index in [1.807, 2.05) is 12.3 Å². The Bertz CT molecular complexity index is 224. The fourth-order valence-corrected chi connectivity index (χ4v) is 1.28. The second kappa shape index (κ2) is 3.90. The van der Waals surface area contributed by atoms with Crippen LogP contribution in [-0.2, 0) is 0 Å². The summed E-state index contributed by atoms with van der Waals surface area (Å²) in [6.45, 7) is 0.129. The maximum Gasteiger partial charge on any atom is 0.0823 e. The van der Waals surface area contributed by atoms with E-state index < -0.39 is 0 Å². The highest BCUT2D eigenvalue weighted by Crippen LogP contribution is 2.17. The Labute approximate surface area is 73.7 Å². The number of nitrogens with one attached hydrogen (secondary N) is 1. The third kappa shape index (κ3) is 2.32. The molecule has 1 rings (SSSR count). The molecule has 0 aliphatic heterocycles. The standard InChI is InChI=1S/C7H11BrN2O/c8-7-3-5(4-10-7)6(9)1-2-11/h3-4,6,10-11H,1-2,9H2. The molecule has 0 saturated carbocycles. The first-order valence-electron chi connectivity index (χ1n) is 3.44. The zero-order valence-corrected chi connectivity index (χ0v) is 7.63. The van der Waals surface area contributed by atoms with Gasteiger partial charge in [0.25, 0.3) is 0 Å². The van der Waals surface area contributed by atoms with Crippen LogP contribution in [0.15, 0.2) is 16.9 Å². The molecule has 0 amide bonds. The van der Waals surface area contributed by atoms with Crippen molar-refractivity contribution in [1.29, 1.82) is 0 Å². The number of aromatic nitrogens is 1. The summed E-state index contributed by atoms with van der Waals surface area (Å²) < 4.78 is 0.917. The van der Waals surface area contributed by atoms with E-state index in [1.165, 1.54) is 0 Å². The van der Waals surface area contributed by atoms with Crippen LogP contribution < -0.4 is 5.73 Å². The van der Waals surface area contributed by atoms with Gasteiger partial charge in [-0.15, -0.1) is 0 Å². The predicted molar refractivity (Wildman–Crippen MR) is 47.1 cm³/mol. The van der Waals surface area contributed by atoms with E-state index in [-0.39, 0.29) is 12.6 Å². The van der Waals surface area contributed by atoms with Crippen LogP contribution in [0.1, 0.15) is 18.0 Å². The number of nitrogens with two attached hydrogens (primary N) is 1. The SMILES string of the molecule is NC(CCO)c1c[nH]c(Br)c1. The van der Waals surface area contributed by atoms with Gasteiger partial charge in [0.05, 0.1) is 4.60 Å². The highest BCUT2D eigenvalue weighted by Gasteiger charge is 2.05. The molecule has 1 aromatic rings. The Morgan fingerprint density at radius 3 is 2.91 bits per heavy atom. The molecule has 11 heavy (non-hydrogen) atoms. The van der Waals surface area contributed by atoms with Gasteiger partial charge >= 0.3 is 0 Å². The molecular formula is C7H11BrN2O. The van der Waals surface area contributed by atoms with Crippen molar-refractivity contribution in [2.45, 2.75) is 12.5 Å². The monoisotopic (exact) mass is 218 g/mol. The normalized spacial score (nSPS) is 13.4. The first-order valence-corrected chi connectivity index (χ1v) is 4.23. The summed E-state index contributed by atoms with van der Waals surface area (Å²) in [4.78, 5) is 2.96. The molecule has 0 aliphatic rings. The lowest BCUT2D eigenvalue weighted by molar-refractivity contribution is 0.276. The fourth-order valence-electron chi connectivity index (χ4n) is 0.902. The molecule has 0 bridgehead atoms. The van der Waals surface area contributed by atoms with Crippen LogP contribution in [0.3, 0.4) is 0 Å². The van der Waals surface area contributed by atoms with Gasteiger partial charge in [-0.05, 0) is 34.0 Å². The predicted octanol–water partition coefficient (Wildman–Crippen LogP) is 1.16. The molecule has 1 heterocycles. The largest absolute Gasteiger partial charge is 0.396 e. The Kier molecular flexibility index (Phi) is 3.11. The van der Waals surface area contributed by atoms with Gasteiger partial charge in [0.1, 0.15) is 0 Å². The van der Waals surface area contributed by atoms with Gasteiger partial charge in [-0.25, -0.2) is 0 Å². The van der Waals surface area contributed by atoms with Crippen LogP contribution >= 0.6 is 15.9 Å². The molecule has 0 spiro atoms. The zero-order chi connectivity index (χ0) is 8.27. The van der Waals surface area contributed by atoms with Crippen LogP contribution in [0.2, 0.25) is 0 Å². The van der Waals surface area contributed by atoms with Crippen molar-refractivity contribution in [2.24, 2.45) is 5.73 Å². The van der Waals surface area contributed by atoms with E-state index in [9.17, 15) is 0 Å². The van der Waals surface area contributed by atoms with E-state index >= 15 is 0 Å². The molecule has 62 valence electrons. The molecule has 4 N–H and O–H groups in total. The van der Waals surface area contributed by atoms with E-state index in [1.54, 1.807) is 0 Å². The van der Waals surface area contributed by atoms with Crippen LogP contribution in [0.25, 0.3) is 0 Å². The van der Waals surface area contributed by atoms with Crippen LogP contribution in [-0.4, -0.2) is 16.7 Å². The molecule has 0 fully saturated rings. The number of hydrogen-bond acceptors (Lipinski definition) is 2. The lowest BCUT2D eigenvalue weighted by atomic mass is 10.1. The first-order chi connectivity index (χ1) is 5.24. The maximum atomic E-state index is 8.60. The van der Waals surface area contributed by atoms with E-state index in [2.05, 4.69) is 20.9 Å². The number of H-pyrrole nitrogens is 1. The van der Waals surface area contributed by atoms with Crippen molar-refractivity contribution in [3.05, 3.63) is 22.4 Å². The maximum absolute atomic E-state index is 8.60. The molecule has 1 unspecified atom stereocenters. The molecule has 1 atom stereocenters. The number of aromatic amines is 1. The van der Waals surface area contributed by atoms with Gasteiger partial charge in [0.15, 0.2) is 0 Å². The minimum absolute atomic E-state index is 0.0671. The van der Waals surface area contributed by atoms with Gasteiger partial charge in [0.2, 0.25) is 0 Å². The van der Waals surface area contributed by atoms with Crippen LogP contribution in [0, 0.1) is 0 Å². The Balaban J connectivity index is 2.60. The van der Waals surface area contributed by atoms with Gasteiger partial charge in [-0.2, -0.15) is 0 Å². The van der Waals surface area contributed by atoms with Crippen molar-refractivity contribution >= 4 is 15.9 Å². The van der Waals surface area contributed by atoms with Crippen molar-refractivity contribution in [3.63, 3.8) is 0 Å². The topological polar surface area (TPSA) is 62.0 Å². The number of rotatable bonds is 3. The van der Waals surface area contributed by atoms with Gasteiger partial charge in [-0.3, -0.25) is 0 Å². The van der Waals surface area contributed by atoms with Gasteiger partial charge < -0.3 is 15.8 Å². The number of halogens is 1. The van der Waals surface area contributed by atoms with E-state index in [0.29, 0.717) is 6.42 Å². The van der Waals surface area contributed by atoms with E-state index in [0.717, 1.165) is 10.2 Å². The van der Waals surface area contributed by atoms with Crippen molar-refractivity contribution < 1.29 is 5.11 Å². The number of hydrogen-bond donors (Lipinski definition) is 3. The van der Waals surface area contributed by atoms with Gasteiger partial charge in [-0.1, -0.05) is 0 Å². The van der Waals surface area contributed by atoms with Crippen molar-refractivity contribution in [1.82, 2.24) is 4.98 Å². The molecule has 4 heteroatoms. The molecule has 1 aromatic heterocycles. The Morgan fingerprint density at radius 2 is 2.45 bits per heavy atom. The quantitative estimate of drug-likeness (QED) is 0.714. The Morgan fingerprint density at radius 1 is 1.73 bits per heavy atom. The second-order valence-electron chi connectivity index (χ2n) is 2.40. The molecule has 3 nitrogen and oxygen atoms in total. The van der Waals surface area contributed by atoms with Crippen molar-refractivity contribution in [2.75, 3.05) is 6.61 Å². The Hall–Kier alpha value is -0.320. The average molecular weight is 219 g/mol. The smallest absolute Gasteiger partial charge is 0.0823 e. The average Bonchev–Trinajstić information content (AvgIpc) is 2.36.